The molecule has 72 valence electrons. The van der Waals surface area contributed by atoms with Gasteiger partial charge in [-0.1, -0.05) is 17.8 Å². The number of fused-ring (bicyclic) bond motifs is 1. The Bertz CT molecular complexity index is 447. The Balaban J connectivity index is 1.87. The van der Waals surface area contributed by atoms with Crippen molar-refractivity contribution in [2.45, 2.75) is 18.0 Å². The molecule has 14 heavy (non-hydrogen) atoms. The third-order valence-corrected chi connectivity index (χ3v) is 3.60. The molecular weight excluding hydrogens is 194 g/mol. The molecule has 2 aromatic rings. The van der Waals surface area contributed by atoms with Crippen molar-refractivity contribution in [1.82, 2.24) is 14.6 Å². The van der Waals surface area contributed by atoms with E-state index in [4.69, 9.17) is 0 Å². The van der Waals surface area contributed by atoms with E-state index in [0.29, 0.717) is 0 Å². The number of rotatable bonds is 3. The molecule has 0 radical (unpaired) electrons. The van der Waals surface area contributed by atoms with Crippen molar-refractivity contribution < 1.29 is 0 Å². The molecule has 0 aliphatic heterocycles. The molecule has 1 saturated carbocycles. The van der Waals surface area contributed by atoms with Gasteiger partial charge >= 0.3 is 0 Å². The molecule has 0 saturated heterocycles. The Morgan fingerprint density at radius 3 is 3.14 bits per heavy atom. The molecule has 0 unspecified atom stereocenters. The van der Waals surface area contributed by atoms with E-state index in [-0.39, 0.29) is 0 Å². The highest BCUT2D eigenvalue weighted by molar-refractivity contribution is 7.99. The average Bonchev–Trinajstić information content (AvgIpc) is 2.96. The first kappa shape index (κ1) is 8.29. The minimum atomic E-state index is 0.927. The molecule has 3 nitrogen and oxygen atoms in total. The lowest BCUT2D eigenvalue weighted by atomic mass is 10.5. The Kier molecular flexibility index (Phi) is 1.94. The average molecular weight is 205 g/mol. The third kappa shape index (κ3) is 1.50. The van der Waals surface area contributed by atoms with Gasteiger partial charge < -0.3 is 0 Å². The fourth-order valence-electron chi connectivity index (χ4n) is 1.39. The van der Waals surface area contributed by atoms with E-state index in [1.807, 2.05) is 40.6 Å². The zero-order valence-electron chi connectivity index (χ0n) is 7.76. The monoisotopic (exact) mass is 205 g/mol. The normalized spacial score (nSPS) is 16.3. The van der Waals surface area contributed by atoms with Gasteiger partial charge in [-0.05, 0) is 30.9 Å². The summed E-state index contributed by atoms with van der Waals surface area (Å²) >= 11 is 1.82. The summed E-state index contributed by atoms with van der Waals surface area (Å²) in [6.45, 7) is 0. The summed E-state index contributed by atoms with van der Waals surface area (Å²) in [5.41, 5.74) is 0.936. The van der Waals surface area contributed by atoms with Gasteiger partial charge in [-0.25, -0.2) is 0 Å². The molecule has 0 aromatic carbocycles. The first-order valence-corrected chi connectivity index (χ1v) is 5.84. The van der Waals surface area contributed by atoms with Crippen LogP contribution < -0.4 is 0 Å². The van der Waals surface area contributed by atoms with Crippen molar-refractivity contribution in [3.05, 3.63) is 24.4 Å². The number of nitrogens with zero attached hydrogens (tertiary/aromatic N) is 3. The van der Waals surface area contributed by atoms with Gasteiger partial charge in [0.2, 0.25) is 0 Å². The quantitative estimate of drug-likeness (QED) is 0.720. The number of pyridine rings is 1. The fraction of sp³-hybridized carbons (Fsp3) is 0.400. The van der Waals surface area contributed by atoms with Crippen LogP contribution in [0.25, 0.3) is 5.65 Å². The first-order valence-electron chi connectivity index (χ1n) is 4.86. The lowest BCUT2D eigenvalue weighted by Gasteiger charge is -1.97. The van der Waals surface area contributed by atoms with Crippen molar-refractivity contribution in [3.63, 3.8) is 0 Å². The Labute approximate surface area is 86.5 Å². The van der Waals surface area contributed by atoms with Crippen LogP contribution in [0, 0.1) is 5.92 Å². The highest BCUT2D eigenvalue weighted by atomic mass is 32.2. The van der Waals surface area contributed by atoms with E-state index < -0.39 is 0 Å². The minimum absolute atomic E-state index is 0.927. The number of hydrogen-bond donors (Lipinski definition) is 0. The van der Waals surface area contributed by atoms with Crippen LogP contribution >= 0.6 is 11.8 Å². The summed E-state index contributed by atoms with van der Waals surface area (Å²) in [6.07, 6.45) is 4.80. The summed E-state index contributed by atoms with van der Waals surface area (Å²) in [5, 5.41) is 9.30. The molecule has 0 atom stereocenters. The lowest BCUT2D eigenvalue weighted by Crippen LogP contribution is -1.88. The van der Waals surface area contributed by atoms with Crippen molar-refractivity contribution in [3.8, 4) is 0 Å². The smallest absolute Gasteiger partial charge is 0.195 e. The zero-order valence-corrected chi connectivity index (χ0v) is 8.57. The Hall–Kier alpha value is -1.03. The van der Waals surface area contributed by atoms with Crippen molar-refractivity contribution in [2.24, 2.45) is 5.92 Å². The van der Waals surface area contributed by atoms with Crippen molar-refractivity contribution >= 4 is 17.4 Å². The maximum Gasteiger partial charge on any atom is 0.195 e. The summed E-state index contributed by atoms with van der Waals surface area (Å²) in [7, 11) is 0. The van der Waals surface area contributed by atoms with Gasteiger partial charge in [0, 0.05) is 11.9 Å². The van der Waals surface area contributed by atoms with E-state index in [2.05, 4.69) is 10.2 Å². The number of aromatic nitrogens is 3. The van der Waals surface area contributed by atoms with E-state index in [1.54, 1.807) is 0 Å². The summed E-state index contributed by atoms with van der Waals surface area (Å²) in [6, 6.07) is 5.98. The molecule has 2 aromatic heterocycles. The summed E-state index contributed by atoms with van der Waals surface area (Å²) < 4.78 is 2.05. The lowest BCUT2D eigenvalue weighted by molar-refractivity contribution is 0.910. The minimum Gasteiger partial charge on any atom is -0.277 e. The van der Waals surface area contributed by atoms with Gasteiger partial charge in [0.15, 0.2) is 10.8 Å². The van der Waals surface area contributed by atoms with Crippen LogP contribution in [0.2, 0.25) is 0 Å². The molecule has 1 aliphatic carbocycles. The highest BCUT2D eigenvalue weighted by Gasteiger charge is 2.22. The second kappa shape index (κ2) is 3.28. The molecule has 4 heteroatoms. The molecular formula is C10H11N3S. The van der Waals surface area contributed by atoms with E-state index in [9.17, 15) is 0 Å². The maximum atomic E-state index is 4.17. The van der Waals surface area contributed by atoms with Crippen LogP contribution in [0.5, 0.6) is 0 Å². The summed E-state index contributed by atoms with van der Waals surface area (Å²) in [4.78, 5) is 0. The standard InChI is InChI=1S/C10H11N3S/c1-2-6-13-9(3-1)11-12-10(13)14-7-8-4-5-8/h1-3,6,8H,4-5,7H2. The van der Waals surface area contributed by atoms with Crippen molar-refractivity contribution in [2.75, 3.05) is 5.75 Å². The van der Waals surface area contributed by atoms with Crippen LogP contribution in [0.15, 0.2) is 29.6 Å². The molecule has 0 N–H and O–H groups in total. The highest BCUT2D eigenvalue weighted by Crippen LogP contribution is 2.34. The molecule has 3 rings (SSSR count). The molecule has 0 amide bonds. The third-order valence-electron chi connectivity index (χ3n) is 2.43. The van der Waals surface area contributed by atoms with Crippen LogP contribution in [0.3, 0.4) is 0 Å². The SMILES string of the molecule is c1ccn2c(SCC3CC3)nnc2c1. The maximum absolute atomic E-state index is 4.17. The van der Waals surface area contributed by atoms with Gasteiger partial charge in [-0.15, -0.1) is 10.2 Å². The zero-order chi connectivity index (χ0) is 9.38. The number of thioether (sulfide) groups is 1. The molecule has 1 aliphatic rings. The number of hydrogen-bond acceptors (Lipinski definition) is 3. The van der Waals surface area contributed by atoms with Crippen LogP contribution in [-0.2, 0) is 0 Å². The van der Waals surface area contributed by atoms with Gasteiger partial charge in [0.05, 0.1) is 0 Å². The second-order valence-electron chi connectivity index (χ2n) is 3.67. The fourth-order valence-corrected chi connectivity index (χ4v) is 2.50. The van der Waals surface area contributed by atoms with Crippen LogP contribution in [0.1, 0.15) is 12.8 Å². The first-order chi connectivity index (χ1) is 6.93. The molecule has 1 fully saturated rings. The van der Waals surface area contributed by atoms with Crippen LogP contribution in [-0.4, -0.2) is 20.4 Å². The van der Waals surface area contributed by atoms with Crippen LogP contribution in [0.4, 0.5) is 0 Å². The summed E-state index contributed by atoms with van der Waals surface area (Å²) in [5.74, 6) is 2.12. The molecule has 0 bridgehead atoms. The molecule has 2 heterocycles. The van der Waals surface area contributed by atoms with Gasteiger partial charge in [0.1, 0.15) is 0 Å². The topological polar surface area (TPSA) is 30.2 Å². The van der Waals surface area contributed by atoms with Gasteiger partial charge in [0.25, 0.3) is 0 Å². The van der Waals surface area contributed by atoms with E-state index >= 15 is 0 Å². The Morgan fingerprint density at radius 2 is 2.29 bits per heavy atom. The van der Waals surface area contributed by atoms with E-state index in [1.165, 1.54) is 18.6 Å². The van der Waals surface area contributed by atoms with Gasteiger partial charge in [-0.3, -0.25) is 4.40 Å². The second-order valence-corrected chi connectivity index (χ2v) is 4.65. The largest absolute Gasteiger partial charge is 0.277 e. The Morgan fingerprint density at radius 1 is 1.36 bits per heavy atom. The van der Waals surface area contributed by atoms with Gasteiger partial charge in [-0.2, -0.15) is 0 Å². The predicted molar refractivity (Wildman–Crippen MR) is 56.4 cm³/mol. The predicted octanol–water partition coefficient (Wildman–Crippen LogP) is 2.23. The molecule has 0 spiro atoms. The van der Waals surface area contributed by atoms with Crippen molar-refractivity contribution in [1.29, 1.82) is 0 Å². The van der Waals surface area contributed by atoms with E-state index in [0.717, 1.165) is 16.7 Å².